The number of aromatic nitrogens is 1. The number of ketones is 1. The van der Waals surface area contributed by atoms with Crippen LogP contribution in [0, 0.1) is 13.8 Å². The smallest absolute Gasteiger partial charge is 0.163 e. The normalized spacial score (nSPS) is 17.3. The Balaban J connectivity index is 1.51. The molecule has 0 aliphatic carbocycles. The zero-order chi connectivity index (χ0) is 16.9. The number of carbonyl (C=O) groups is 1. The van der Waals surface area contributed by atoms with Crippen molar-refractivity contribution in [1.29, 1.82) is 0 Å². The molecule has 1 aliphatic rings. The molecule has 128 valence electrons. The van der Waals surface area contributed by atoms with E-state index in [0.29, 0.717) is 6.54 Å². The first kappa shape index (κ1) is 17.3. The van der Waals surface area contributed by atoms with Crippen LogP contribution in [0.5, 0.6) is 0 Å². The van der Waals surface area contributed by atoms with Gasteiger partial charge in [0.1, 0.15) is 5.01 Å². The lowest BCUT2D eigenvalue weighted by Crippen LogP contribution is -2.38. The summed E-state index contributed by atoms with van der Waals surface area (Å²) in [5.74, 6) is 0.281. The molecular formula is C19H25N3OS. The number of carbonyl (C=O) groups excluding carboxylic acids is 1. The quantitative estimate of drug-likeness (QED) is 0.759. The van der Waals surface area contributed by atoms with Crippen LogP contribution in [0.25, 0.3) is 10.6 Å². The maximum absolute atomic E-state index is 12.0. The lowest BCUT2D eigenvalue weighted by molar-refractivity contribution is -0.119. The minimum absolute atomic E-state index is 0.0615. The van der Waals surface area contributed by atoms with Crippen molar-refractivity contribution in [3.63, 3.8) is 0 Å². The van der Waals surface area contributed by atoms with Gasteiger partial charge in [0.15, 0.2) is 5.78 Å². The highest BCUT2D eigenvalue weighted by atomic mass is 32.1. The van der Waals surface area contributed by atoms with Gasteiger partial charge in [0.2, 0.25) is 0 Å². The van der Waals surface area contributed by atoms with Gasteiger partial charge in [0.05, 0.1) is 18.3 Å². The number of nitrogens with one attached hydrogen (secondary N) is 2. The molecule has 1 atom stereocenters. The van der Waals surface area contributed by atoms with Gasteiger partial charge in [-0.05, 0) is 39.3 Å². The summed E-state index contributed by atoms with van der Waals surface area (Å²) in [6, 6.07) is 8.52. The third-order valence-electron chi connectivity index (χ3n) is 4.44. The van der Waals surface area contributed by atoms with E-state index in [9.17, 15) is 4.79 Å². The van der Waals surface area contributed by atoms with Crippen LogP contribution < -0.4 is 10.6 Å². The highest BCUT2D eigenvalue weighted by Crippen LogP contribution is 2.28. The molecule has 2 N–H and O–H groups in total. The molecule has 1 aromatic heterocycles. The van der Waals surface area contributed by atoms with Crippen LogP contribution in [0.15, 0.2) is 24.3 Å². The van der Waals surface area contributed by atoms with Gasteiger partial charge in [-0.2, -0.15) is 0 Å². The van der Waals surface area contributed by atoms with Gasteiger partial charge in [-0.25, -0.2) is 4.98 Å². The van der Waals surface area contributed by atoms with Gasteiger partial charge in [-0.15, -0.1) is 11.3 Å². The van der Waals surface area contributed by atoms with E-state index in [4.69, 9.17) is 4.98 Å². The fraction of sp³-hybridized carbons (Fsp3) is 0.474. The molecule has 1 aliphatic heterocycles. The van der Waals surface area contributed by atoms with E-state index < -0.39 is 0 Å². The van der Waals surface area contributed by atoms with Gasteiger partial charge >= 0.3 is 0 Å². The molecule has 0 bridgehead atoms. The lowest BCUT2D eigenvalue weighted by Gasteiger charge is -2.09. The van der Waals surface area contributed by atoms with Gasteiger partial charge < -0.3 is 10.6 Å². The Morgan fingerprint density at radius 3 is 3.04 bits per heavy atom. The molecule has 1 saturated heterocycles. The first-order valence-corrected chi connectivity index (χ1v) is 9.45. The number of hydrogen-bond acceptors (Lipinski definition) is 5. The zero-order valence-electron chi connectivity index (χ0n) is 14.4. The highest BCUT2D eigenvalue weighted by Gasteiger charge is 2.21. The van der Waals surface area contributed by atoms with E-state index in [2.05, 4.69) is 48.7 Å². The van der Waals surface area contributed by atoms with E-state index in [1.807, 2.05) is 0 Å². The first-order valence-electron chi connectivity index (χ1n) is 8.63. The zero-order valence-corrected chi connectivity index (χ0v) is 15.2. The van der Waals surface area contributed by atoms with E-state index in [0.717, 1.165) is 43.1 Å². The molecule has 4 nitrogen and oxygen atoms in total. The predicted octanol–water partition coefficient (Wildman–Crippen LogP) is 2.88. The molecule has 5 heteroatoms. The largest absolute Gasteiger partial charge is 0.310 e. The number of Topliss-reactive ketones (excluding diaryl/α,β-unsaturated/α-hetero) is 1. The fourth-order valence-corrected chi connectivity index (χ4v) is 4.02. The van der Waals surface area contributed by atoms with Crippen molar-refractivity contribution in [3.05, 3.63) is 40.4 Å². The van der Waals surface area contributed by atoms with Crippen LogP contribution in [0.4, 0.5) is 0 Å². The second kappa shape index (κ2) is 8.01. The summed E-state index contributed by atoms with van der Waals surface area (Å²) in [4.78, 5) is 18.1. The number of nitrogens with zero attached hydrogens (tertiary/aromatic N) is 1. The minimum Gasteiger partial charge on any atom is -0.310 e. The molecule has 0 spiro atoms. The highest BCUT2D eigenvalue weighted by molar-refractivity contribution is 7.15. The van der Waals surface area contributed by atoms with Crippen LogP contribution in [0.2, 0.25) is 0 Å². The van der Waals surface area contributed by atoms with Crippen molar-refractivity contribution in [2.75, 3.05) is 19.6 Å². The van der Waals surface area contributed by atoms with Gasteiger partial charge in [0.25, 0.3) is 0 Å². The number of hydrogen-bond donors (Lipinski definition) is 2. The van der Waals surface area contributed by atoms with Gasteiger partial charge in [-0.1, -0.05) is 23.8 Å². The van der Waals surface area contributed by atoms with Crippen molar-refractivity contribution in [2.24, 2.45) is 0 Å². The van der Waals surface area contributed by atoms with Crippen molar-refractivity contribution in [1.82, 2.24) is 15.6 Å². The summed E-state index contributed by atoms with van der Waals surface area (Å²) in [6.07, 6.45) is 2.95. The first-order chi connectivity index (χ1) is 11.6. The molecule has 2 aromatic rings. The second-order valence-corrected chi connectivity index (χ2v) is 7.64. The van der Waals surface area contributed by atoms with Crippen molar-refractivity contribution in [2.45, 2.75) is 39.2 Å². The van der Waals surface area contributed by atoms with Crippen molar-refractivity contribution in [3.8, 4) is 10.6 Å². The molecule has 1 fully saturated rings. The maximum atomic E-state index is 12.0. The van der Waals surface area contributed by atoms with Crippen LogP contribution >= 0.6 is 11.3 Å². The third kappa shape index (κ3) is 4.29. The van der Waals surface area contributed by atoms with E-state index in [1.165, 1.54) is 16.0 Å². The number of aryl methyl sites for hydroxylation is 2. The fourth-order valence-electron chi connectivity index (χ4n) is 3.06. The van der Waals surface area contributed by atoms with Crippen LogP contribution in [0.3, 0.4) is 0 Å². The Bertz CT molecular complexity index is 704. The Kier molecular flexibility index (Phi) is 5.76. The van der Waals surface area contributed by atoms with Crippen LogP contribution in [0.1, 0.15) is 29.0 Å². The monoisotopic (exact) mass is 343 g/mol. The third-order valence-corrected chi connectivity index (χ3v) is 5.51. The maximum Gasteiger partial charge on any atom is 0.163 e. The van der Waals surface area contributed by atoms with Crippen LogP contribution in [-0.2, 0) is 11.2 Å². The average Bonchev–Trinajstić information content (AvgIpc) is 3.21. The Hall–Kier alpha value is -1.56. The number of thiazole rings is 1. The molecule has 3 rings (SSSR count). The molecule has 0 radical (unpaired) electrons. The standard InChI is InChI=1S/C19H25N3OS/c1-13-5-3-6-15(11-13)19-22-16(14(2)24-19)8-10-20-12-18(23)17-7-4-9-21-17/h3,5-6,11,17,20-21H,4,7-10,12H2,1-2H3/t17-/m0/s1. The van der Waals surface area contributed by atoms with E-state index >= 15 is 0 Å². The summed E-state index contributed by atoms with van der Waals surface area (Å²) in [5.41, 5.74) is 3.57. The number of benzene rings is 1. The van der Waals surface area contributed by atoms with Gasteiger partial charge in [-0.3, -0.25) is 4.79 Å². The predicted molar refractivity (Wildman–Crippen MR) is 99.6 cm³/mol. The summed E-state index contributed by atoms with van der Waals surface area (Å²) in [5, 5.41) is 7.60. The molecule has 0 saturated carbocycles. The Morgan fingerprint density at radius 2 is 2.29 bits per heavy atom. The van der Waals surface area contributed by atoms with E-state index in [-0.39, 0.29) is 11.8 Å². The lowest BCUT2D eigenvalue weighted by atomic mass is 10.1. The molecule has 24 heavy (non-hydrogen) atoms. The summed E-state index contributed by atoms with van der Waals surface area (Å²) in [7, 11) is 0. The Labute approximate surface area is 147 Å². The van der Waals surface area contributed by atoms with Crippen molar-refractivity contribution >= 4 is 17.1 Å². The Morgan fingerprint density at radius 1 is 1.42 bits per heavy atom. The van der Waals surface area contributed by atoms with Crippen molar-refractivity contribution < 1.29 is 4.79 Å². The summed E-state index contributed by atoms with van der Waals surface area (Å²) in [6.45, 7) is 6.43. The molecule has 2 heterocycles. The average molecular weight is 343 g/mol. The summed E-state index contributed by atoms with van der Waals surface area (Å²) >= 11 is 1.75. The minimum atomic E-state index is 0.0615. The van der Waals surface area contributed by atoms with E-state index in [1.54, 1.807) is 11.3 Å². The summed E-state index contributed by atoms with van der Waals surface area (Å²) < 4.78 is 0. The second-order valence-electron chi connectivity index (χ2n) is 6.43. The molecule has 0 amide bonds. The molecular weight excluding hydrogens is 318 g/mol. The molecule has 0 unspecified atom stereocenters. The topological polar surface area (TPSA) is 54.0 Å². The SMILES string of the molecule is Cc1cccc(-c2nc(CCNCC(=O)[C@@H]3CCCN3)c(C)s2)c1. The van der Waals surface area contributed by atoms with Crippen LogP contribution in [-0.4, -0.2) is 36.4 Å². The van der Waals surface area contributed by atoms with Gasteiger partial charge in [0, 0.05) is 23.4 Å². The molecule has 1 aromatic carbocycles. The number of rotatable bonds is 7.